The molecule has 0 spiro atoms. The highest BCUT2D eigenvalue weighted by Gasteiger charge is 2.37. The number of thioether (sulfide) groups is 1. The van der Waals surface area contributed by atoms with Gasteiger partial charge in [-0.1, -0.05) is 40.2 Å². The Kier molecular flexibility index (Phi) is 5.47. The maximum absolute atomic E-state index is 12.7. The summed E-state index contributed by atoms with van der Waals surface area (Å²) in [4.78, 5) is 40.6. The van der Waals surface area contributed by atoms with E-state index in [1.165, 1.54) is 17.7 Å². The molecule has 0 aliphatic carbocycles. The van der Waals surface area contributed by atoms with Gasteiger partial charge in [-0.3, -0.25) is 19.3 Å². The van der Waals surface area contributed by atoms with E-state index >= 15 is 0 Å². The third kappa shape index (κ3) is 4.09. The number of nitrogens with zero attached hydrogens (tertiary/aromatic N) is 2. The van der Waals surface area contributed by atoms with E-state index in [4.69, 9.17) is 0 Å². The van der Waals surface area contributed by atoms with Gasteiger partial charge in [0.15, 0.2) is 0 Å². The van der Waals surface area contributed by atoms with Crippen molar-refractivity contribution in [2.75, 3.05) is 13.1 Å². The Labute approximate surface area is 180 Å². The lowest BCUT2D eigenvalue weighted by Gasteiger charge is -2.29. The smallest absolute Gasteiger partial charge is 0.294 e. The van der Waals surface area contributed by atoms with E-state index in [9.17, 15) is 19.5 Å². The zero-order valence-corrected chi connectivity index (χ0v) is 17.7. The van der Waals surface area contributed by atoms with E-state index < -0.39 is 11.1 Å². The summed E-state index contributed by atoms with van der Waals surface area (Å²) >= 11 is 4.08. The summed E-state index contributed by atoms with van der Waals surface area (Å²) in [5.74, 6) is -0.776. The molecular weight excluding hydrogens is 456 g/mol. The minimum Gasteiger partial charge on any atom is -0.507 e. The van der Waals surface area contributed by atoms with Crippen molar-refractivity contribution in [3.63, 3.8) is 0 Å². The number of carbonyl (C=O) groups is 3. The summed E-state index contributed by atoms with van der Waals surface area (Å²) < 4.78 is 0.737. The van der Waals surface area contributed by atoms with Crippen LogP contribution in [0.5, 0.6) is 5.75 Å². The average Bonchev–Trinajstić information content (AvgIpc) is 2.97. The summed E-state index contributed by atoms with van der Waals surface area (Å²) in [5.41, 5.74) is 2.73. The Balaban J connectivity index is 1.48. The molecule has 2 aromatic carbocycles. The molecule has 6 nitrogen and oxygen atoms in total. The summed E-state index contributed by atoms with van der Waals surface area (Å²) in [6.07, 6.45) is 2.22. The highest BCUT2D eigenvalue weighted by atomic mass is 79.9. The minimum absolute atomic E-state index is 0.00283. The zero-order chi connectivity index (χ0) is 20.5. The summed E-state index contributed by atoms with van der Waals surface area (Å²) in [7, 11) is 0. The molecule has 148 valence electrons. The van der Waals surface area contributed by atoms with Crippen LogP contribution in [0.2, 0.25) is 0 Å². The molecule has 0 aromatic heterocycles. The normalized spacial score (nSPS) is 17.8. The van der Waals surface area contributed by atoms with Crippen LogP contribution >= 0.6 is 27.7 Å². The number of halogens is 1. The molecule has 0 saturated carbocycles. The van der Waals surface area contributed by atoms with Gasteiger partial charge in [-0.15, -0.1) is 0 Å². The lowest BCUT2D eigenvalue weighted by molar-refractivity contribution is -0.136. The van der Waals surface area contributed by atoms with Crippen LogP contribution in [-0.2, 0) is 22.6 Å². The number of fused-ring (bicyclic) bond motifs is 1. The van der Waals surface area contributed by atoms with E-state index in [1.807, 2.05) is 18.2 Å². The van der Waals surface area contributed by atoms with Gasteiger partial charge in [0.2, 0.25) is 5.91 Å². The van der Waals surface area contributed by atoms with Gasteiger partial charge in [0.05, 0.1) is 4.91 Å². The molecule has 2 heterocycles. The molecule has 0 atom stereocenters. The quantitative estimate of drug-likeness (QED) is 0.687. The van der Waals surface area contributed by atoms with Crippen LogP contribution in [-0.4, -0.2) is 45.0 Å². The van der Waals surface area contributed by atoms with Crippen molar-refractivity contribution in [3.8, 4) is 5.75 Å². The SMILES string of the molecule is O=C(CN1C(=O)S/C(=C\c2cc(Br)ccc2O)C1=O)N1CCc2ccccc2C1. The Morgan fingerprint density at radius 1 is 1.17 bits per heavy atom. The van der Waals surface area contributed by atoms with Crippen molar-refractivity contribution in [2.45, 2.75) is 13.0 Å². The Hall–Kier alpha value is -2.58. The highest BCUT2D eigenvalue weighted by molar-refractivity contribution is 9.10. The van der Waals surface area contributed by atoms with E-state index in [0.717, 1.165) is 33.1 Å². The van der Waals surface area contributed by atoms with Gasteiger partial charge >= 0.3 is 0 Å². The van der Waals surface area contributed by atoms with Gasteiger partial charge < -0.3 is 10.0 Å². The van der Waals surface area contributed by atoms with Crippen molar-refractivity contribution in [3.05, 3.63) is 68.5 Å². The monoisotopic (exact) mass is 472 g/mol. The molecule has 3 amide bonds. The van der Waals surface area contributed by atoms with E-state index in [-0.39, 0.29) is 23.1 Å². The largest absolute Gasteiger partial charge is 0.507 e. The summed E-state index contributed by atoms with van der Waals surface area (Å²) in [6.45, 7) is 0.759. The van der Waals surface area contributed by atoms with Gasteiger partial charge in [-0.05, 0) is 53.6 Å². The second kappa shape index (κ2) is 8.04. The van der Waals surface area contributed by atoms with Crippen LogP contribution in [0.15, 0.2) is 51.8 Å². The van der Waals surface area contributed by atoms with E-state index in [1.54, 1.807) is 17.0 Å². The topological polar surface area (TPSA) is 77.9 Å². The molecule has 1 saturated heterocycles. The van der Waals surface area contributed by atoms with Gasteiger partial charge in [0, 0.05) is 23.1 Å². The molecule has 0 bridgehead atoms. The maximum Gasteiger partial charge on any atom is 0.294 e. The number of imide groups is 1. The first-order valence-corrected chi connectivity index (χ1v) is 10.6. The fourth-order valence-corrected chi connectivity index (χ4v) is 4.57. The first-order valence-electron chi connectivity index (χ1n) is 9.01. The van der Waals surface area contributed by atoms with Crippen molar-refractivity contribution in [1.82, 2.24) is 9.80 Å². The predicted molar refractivity (Wildman–Crippen MR) is 114 cm³/mol. The van der Waals surface area contributed by atoms with Crippen LogP contribution in [0.25, 0.3) is 6.08 Å². The number of amides is 3. The van der Waals surface area contributed by atoms with Crippen LogP contribution in [0.4, 0.5) is 4.79 Å². The third-order valence-electron chi connectivity index (χ3n) is 4.93. The number of benzene rings is 2. The molecule has 29 heavy (non-hydrogen) atoms. The van der Waals surface area contributed by atoms with Gasteiger partial charge in [-0.2, -0.15) is 0 Å². The van der Waals surface area contributed by atoms with Crippen LogP contribution in [0, 0.1) is 0 Å². The average molecular weight is 473 g/mol. The Bertz CT molecular complexity index is 1050. The van der Waals surface area contributed by atoms with Gasteiger partial charge in [-0.25, -0.2) is 0 Å². The molecule has 2 aliphatic heterocycles. The summed E-state index contributed by atoms with van der Waals surface area (Å²) in [5, 5.41) is 9.48. The highest BCUT2D eigenvalue weighted by Crippen LogP contribution is 2.34. The Morgan fingerprint density at radius 2 is 1.93 bits per heavy atom. The number of hydrogen-bond acceptors (Lipinski definition) is 5. The molecular formula is C21H17BrN2O4S. The first-order chi connectivity index (χ1) is 13.9. The minimum atomic E-state index is -0.523. The summed E-state index contributed by atoms with van der Waals surface area (Å²) in [6, 6.07) is 12.8. The van der Waals surface area contributed by atoms with E-state index in [0.29, 0.717) is 18.7 Å². The molecule has 2 aromatic rings. The van der Waals surface area contributed by atoms with Crippen molar-refractivity contribution in [1.29, 1.82) is 0 Å². The third-order valence-corrected chi connectivity index (χ3v) is 6.33. The molecule has 1 N–H and O–H groups in total. The van der Waals surface area contributed by atoms with Crippen molar-refractivity contribution < 1.29 is 19.5 Å². The lowest BCUT2D eigenvalue weighted by atomic mass is 10.00. The zero-order valence-electron chi connectivity index (χ0n) is 15.3. The van der Waals surface area contributed by atoms with E-state index in [2.05, 4.69) is 22.0 Å². The van der Waals surface area contributed by atoms with Crippen molar-refractivity contribution >= 4 is 50.8 Å². The number of phenolic OH excluding ortho intramolecular Hbond substituents is 1. The molecule has 0 unspecified atom stereocenters. The number of phenols is 1. The first kappa shape index (κ1) is 19.7. The van der Waals surface area contributed by atoms with Crippen LogP contribution in [0.3, 0.4) is 0 Å². The molecule has 0 radical (unpaired) electrons. The second-order valence-electron chi connectivity index (χ2n) is 6.80. The van der Waals surface area contributed by atoms with Crippen LogP contribution in [0.1, 0.15) is 16.7 Å². The molecule has 1 fully saturated rings. The number of rotatable bonds is 3. The molecule has 4 rings (SSSR count). The lowest BCUT2D eigenvalue weighted by Crippen LogP contribution is -2.44. The second-order valence-corrected chi connectivity index (χ2v) is 8.71. The fourth-order valence-electron chi connectivity index (χ4n) is 3.36. The predicted octanol–water partition coefficient (Wildman–Crippen LogP) is 3.78. The molecule has 8 heteroatoms. The number of hydrogen-bond donors (Lipinski definition) is 1. The van der Waals surface area contributed by atoms with Crippen LogP contribution < -0.4 is 0 Å². The fraction of sp³-hybridized carbons (Fsp3) is 0.190. The number of aromatic hydroxyl groups is 1. The van der Waals surface area contributed by atoms with Gasteiger partial charge in [0.25, 0.3) is 11.1 Å². The number of carbonyl (C=O) groups excluding carboxylic acids is 3. The molecule has 2 aliphatic rings. The maximum atomic E-state index is 12.7. The standard InChI is InChI=1S/C21H17BrN2O4S/c22-16-5-6-17(25)15(9-16)10-18-20(27)24(21(28)29-18)12-19(26)23-8-7-13-3-1-2-4-14(13)11-23/h1-6,9-10,25H,7-8,11-12H2/b18-10-. The van der Waals surface area contributed by atoms with Gasteiger partial charge in [0.1, 0.15) is 12.3 Å². The van der Waals surface area contributed by atoms with Crippen molar-refractivity contribution in [2.24, 2.45) is 0 Å². The Morgan fingerprint density at radius 3 is 2.72 bits per heavy atom.